The summed E-state index contributed by atoms with van der Waals surface area (Å²) >= 11 is 3.48. The Labute approximate surface area is 129 Å². The molecule has 2 nitrogen and oxygen atoms in total. The van der Waals surface area contributed by atoms with Crippen LogP contribution in [0.3, 0.4) is 0 Å². The molecule has 0 spiro atoms. The number of carbonyl (C=O) groups is 1. The molecule has 0 saturated heterocycles. The highest BCUT2D eigenvalue weighted by atomic mass is 79.9. The Morgan fingerprint density at radius 3 is 2.65 bits per heavy atom. The van der Waals surface area contributed by atoms with E-state index in [0.717, 1.165) is 35.7 Å². The van der Waals surface area contributed by atoms with Gasteiger partial charge in [0.25, 0.3) is 0 Å². The summed E-state index contributed by atoms with van der Waals surface area (Å²) in [4.78, 5) is 12.0. The summed E-state index contributed by atoms with van der Waals surface area (Å²) in [6.07, 6.45) is 6.81. The maximum absolute atomic E-state index is 12.0. The molecular formula is C17H21BrO2. The van der Waals surface area contributed by atoms with Gasteiger partial charge < -0.3 is 5.11 Å². The van der Waals surface area contributed by atoms with E-state index >= 15 is 0 Å². The Balaban J connectivity index is 1.94. The van der Waals surface area contributed by atoms with Gasteiger partial charge in [0, 0.05) is 22.4 Å². The Bertz CT molecular complexity index is 513. The Morgan fingerprint density at radius 2 is 2.00 bits per heavy atom. The molecule has 2 rings (SSSR count). The largest absolute Gasteiger partial charge is 0.512 e. The van der Waals surface area contributed by atoms with Gasteiger partial charge in [-0.05, 0) is 30.9 Å². The molecule has 1 N–H and O–H groups in total. The lowest BCUT2D eigenvalue weighted by Crippen LogP contribution is -2.15. The third kappa shape index (κ3) is 3.72. The summed E-state index contributed by atoms with van der Waals surface area (Å²) in [5.41, 5.74) is 0.948. The first-order valence-corrected chi connectivity index (χ1v) is 7.98. The zero-order valence-electron chi connectivity index (χ0n) is 11.9. The molecule has 1 fully saturated rings. The van der Waals surface area contributed by atoms with Crippen LogP contribution in [0.5, 0.6) is 0 Å². The van der Waals surface area contributed by atoms with Crippen molar-refractivity contribution in [1.82, 2.24) is 0 Å². The van der Waals surface area contributed by atoms with Crippen LogP contribution in [0.2, 0.25) is 0 Å². The summed E-state index contributed by atoms with van der Waals surface area (Å²) in [5.74, 6) is 0.276. The van der Waals surface area contributed by atoms with Crippen molar-refractivity contribution in [2.24, 2.45) is 5.41 Å². The fourth-order valence-electron chi connectivity index (χ4n) is 2.77. The van der Waals surface area contributed by atoms with Gasteiger partial charge in [-0.3, -0.25) is 4.79 Å². The van der Waals surface area contributed by atoms with E-state index < -0.39 is 0 Å². The Morgan fingerprint density at radius 1 is 1.35 bits per heavy atom. The molecule has 20 heavy (non-hydrogen) atoms. The smallest absolute Gasteiger partial charge is 0.159 e. The number of aliphatic hydroxyl groups excluding tert-OH is 1. The molecular weight excluding hydrogens is 316 g/mol. The third-order valence-corrected chi connectivity index (χ3v) is 5.00. The summed E-state index contributed by atoms with van der Waals surface area (Å²) in [6.45, 7) is 2.05. The number of carbonyl (C=O) groups excluding carboxylic acids is 1. The number of hydrogen-bond acceptors (Lipinski definition) is 2. The molecule has 0 radical (unpaired) electrons. The zero-order chi connectivity index (χ0) is 14.6. The van der Waals surface area contributed by atoms with Crippen molar-refractivity contribution in [2.75, 3.05) is 0 Å². The monoisotopic (exact) mass is 336 g/mol. The summed E-state index contributed by atoms with van der Waals surface area (Å²) < 4.78 is 1.03. The van der Waals surface area contributed by atoms with Crippen molar-refractivity contribution < 1.29 is 9.90 Å². The number of benzene rings is 1. The number of rotatable bonds is 5. The van der Waals surface area contributed by atoms with E-state index in [0.29, 0.717) is 12.8 Å². The molecule has 1 aliphatic rings. The molecule has 0 bridgehead atoms. The van der Waals surface area contributed by atoms with Crippen LogP contribution in [0.15, 0.2) is 40.6 Å². The minimum Gasteiger partial charge on any atom is -0.512 e. The number of allylic oxidation sites excluding steroid dienone is 2. The summed E-state index contributed by atoms with van der Waals surface area (Å²) in [7, 11) is 0. The second-order valence-corrected chi connectivity index (χ2v) is 6.71. The van der Waals surface area contributed by atoms with Crippen molar-refractivity contribution >= 4 is 21.7 Å². The first-order chi connectivity index (χ1) is 9.51. The van der Waals surface area contributed by atoms with Crippen LogP contribution in [0.25, 0.3) is 0 Å². The number of aryl methyl sites for hydroxylation is 1. The molecule has 1 aliphatic carbocycles. The molecule has 0 unspecified atom stereocenters. The quantitative estimate of drug-likeness (QED) is 0.608. The summed E-state index contributed by atoms with van der Waals surface area (Å²) in [6, 6.07) is 7.92. The highest BCUT2D eigenvalue weighted by Gasteiger charge is 2.33. The van der Waals surface area contributed by atoms with E-state index in [9.17, 15) is 9.90 Å². The first-order valence-electron chi connectivity index (χ1n) is 7.19. The van der Waals surface area contributed by atoms with E-state index in [1.165, 1.54) is 6.08 Å². The van der Waals surface area contributed by atoms with Crippen molar-refractivity contribution in [2.45, 2.75) is 45.4 Å². The average Bonchev–Trinajstić information content (AvgIpc) is 2.86. The minimum atomic E-state index is -0.178. The van der Waals surface area contributed by atoms with Gasteiger partial charge in [0.1, 0.15) is 5.76 Å². The normalized spacial score (nSPS) is 18.2. The lowest BCUT2D eigenvalue weighted by Gasteiger charge is -2.22. The molecule has 0 amide bonds. The fraction of sp³-hybridized carbons (Fsp3) is 0.471. The molecule has 1 aromatic carbocycles. The second-order valence-electron chi connectivity index (χ2n) is 5.86. The van der Waals surface area contributed by atoms with Gasteiger partial charge in [-0.15, -0.1) is 0 Å². The number of hydrogen-bond donors (Lipinski definition) is 1. The third-order valence-electron chi connectivity index (χ3n) is 4.22. The first kappa shape index (κ1) is 15.3. The molecule has 0 aliphatic heterocycles. The summed E-state index contributed by atoms with van der Waals surface area (Å²) in [5, 5.41) is 10.2. The van der Waals surface area contributed by atoms with Crippen LogP contribution in [0, 0.1) is 5.41 Å². The Kier molecular flexibility index (Phi) is 5.03. The predicted molar refractivity (Wildman–Crippen MR) is 84.8 cm³/mol. The maximum atomic E-state index is 12.0. The van der Waals surface area contributed by atoms with Gasteiger partial charge in [0.15, 0.2) is 5.78 Å². The van der Waals surface area contributed by atoms with Crippen LogP contribution >= 0.6 is 15.9 Å². The van der Waals surface area contributed by atoms with E-state index in [1.807, 2.05) is 31.2 Å². The second kappa shape index (κ2) is 6.57. The van der Waals surface area contributed by atoms with Crippen molar-refractivity contribution in [3.05, 3.63) is 46.1 Å². The van der Waals surface area contributed by atoms with E-state index in [-0.39, 0.29) is 17.0 Å². The fourth-order valence-corrected chi connectivity index (χ4v) is 3.25. The van der Waals surface area contributed by atoms with Gasteiger partial charge in [-0.25, -0.2) is 0 Å². The van der Waals surface area contributed by atoms with Crippen LogP contribution in [-0.2, 0) is 11.2 Å². The van der Waals surface area contributed by atoms with Crippen molar-refractivity contribution in [3.8, 4) is 0 Å². The molecule has 0 heterocycles. The maximum Gasteiger partial charge on any atom is 0.159 e. The molecule has 1 aromatic rings. The van der Waals surface area contributed by atoms with Gasteiger partial charge in [-0.2, -0.15) is 0 Å². The standard InChI is InChI=1S/C17H21BrO2/c1-17(10-4-5-11-17)16(20)12-14(19)9-8-13-6-2-3-7-15(13)18/h2-3,6-7,12,20H,4-5,8-11H2,1H3/b16-12-. The van der Waals surface area contributed by atoms with Crippen molar-refractivity contribution in [3.63, 3.8) is 0 Å². The molecule has 3 heteroatoms. The Hall–Kier alpha value is -1.09. The van der Waals surface area contributed by atoms with Crippen LogP contribution < -0.4 is 0 Å². The predicted octanol–water partition coefficient (Wildman–Crippen LogP) is 4.97. The van der Waals surface area contributed by atoms with Crippen molar-refractivity contribution in [1.29, 1.82) is 0 Å². The van der Waals surface area contributed by atoms with Gasteiger partial charge in [-0.1, -0.05) is 53.9 Å². The zero-order valence-corrected chi connectivity index (χ0v) is 13.4. The number of halogens is 1. The van der Waals surface area contributed by atoms with E-state index in [4.69, 9.17) is 0 Å². The van der Waals surface area contributed by atoms with Crippen LogP contribution in [0.4, 0.5) is 0 Å². The topological polar surface area (TPSA) is 37.3 Å². The van der Waals surface area contributed by atoms with Crippen LogP contribution in [-0.4, -0.2) is 10.9 Å². The molecule has 1 saturated carbocycles. The number of ketones is 1. The molecule has 0 atom stereocenters. The van der Waals surface area contributed by atoms with E-state index in [2.05, 4.69) is 15.9 Å². The van der Waals surface area contributed by atoms with Gasteiger partial charge in [0.2, 0.25) is 0 Å². The molecule has 0 aromatic heterocycles. The van der Waals surface area contributed by atoms with Gasteiger partial charge >= 0.3 is 0 Å². The van der Waals surface area contributed by atoms with Crippen LogP contribution in [0.1, 0.15) is 44.6 Å². The van der Waals surface area contributed by atoms with Gasteiger partial charge in [0.05, 0.1) is 0 Å². The molecule has 108 valence electrons. The lowest BCUT2D eigenvalue weighted by molar-refractivity contribution is -0.114. The average molecular weight is 337 g/mol. The highest BCUT2D eigenvalue weighted by Crippen LogP contribution is 2.42. The SMILES string of the molecule is CC1(/C(O)=C/C(=O)CCc2ccccc2Br)CCCC1. The lowest BCUT2D eigenvalue weighted by atomic mass is 9.86. The highest BCUT2D eigenvalue weighted by molar-refractivity contribution is 9.10. The minimum absolute atomic E-state index is 0.00591. The van der Waals surface area contributed by atoms with E-state index in [1.54, 1.807) is 0 Å². The number of aliphatic hydroxyl groups is 1.